The number of phenolic OH excluding ortho intramolecular Hbond substituents is 1. The van der Waals surface area contributed by atoms with E-state index in [0.717, 1.165) is 6.29 Å². The van der Waals surface area contributed by atoms with Crippen LogP contribution >= 0.6 is 0 Å². The zero-order valence-electron chi connectivity index (χ0n) is 5.12. The van der Waals surface area contributed by atoms with E-state index in [0.29, 0.717) is 5.56 Å². The summed E-state index contributed by atoms with van der Waals surface area (Å²) in [5.74, 6) is 0.181. The summed E-state index contributed by atoms with van der Waals surface area (Å²) in [4.78, 5) is 10.0. The Hall–Kier alpha value is -0.791. The summed E-state index contributed by atoms with van der Waals surface area (Å²) in [5.41, 5.74) is 0.577. The molecule has 53 valence electrons. The molecule has 1 N–H and O–H groups in total. The molecule has 0 unspecified atom stereocenters. The van der Waals surface area contributed by atoms with Crippen LogP contribution < -0.4 is 0 Å². The Kier molecular flexibility index (Phi) is 3.77. The number of rotatable bonds is 1. The molecule has 0 amide bonds. The minimum Gasteiger partial charge on any atom is -0.508 e. The van der Waals surface area contributed by atoms with Gasteiger partial charge in [0.2, 0.25) is 0 Å². The van der Waals surface area contributed by atoms with Crippen molar-refractivity contribution in [2.75, 3.05) is 0 Å². The van der Waals surface area contributed by atoms with Gasteiger partial charge in [-0.05, 0) is 24.3 Å². The second-order valence-corrected chi connectivity index (χ2v) is 1.71. The first-order valence-electron chi connectivity index (χ1n) is 2.57. The Balaban J connectivity index is 0.000000810. The number of aromatic hydroxyl groups is 1. The van der Waals surface area contributed by atoms with Gasteiger partial charge in [0.15, 0.2) is 0 Å². The molecule has 0 atom stereocenters. The normalized spacial score (nSPS) is 8.00. The smallest absolute Gasteiger partial charge is 0.150 e. The molecule has 3 heteroatoms. The molecule has 0 saturated carbocycles. The minimum absolute atomic E-state index is 0. The molecule has 1 radical (unpaired) electrons. The maximum Gasteiger partial charge on any atom is 0.150 e. The summed E-state index contributed by atoms with van der Waals surface area (Å²) < 4.78 is 0. The van der Waals surface area contributed by atoms with E-state index in [4.69, 9.17) is 5.11 Å². The molecule has 0 saturated heterocycles. The average Bonchev–Trinajstić information content (AvgIpc) is 1.90. The standard InChI is InChI=1S/C7H6O2.Mn/c8-5-6-1-3-7(9)4-2-6;/h1-5,9H;. The van der Waals surface area contributed by atoms with Crippen LogP contribution in [-0.4, -0.2) is 11.4 Å². The summed E-state index contributed by atoms with van der Waals surface area (Å²) >= 11 is 0. The molecular formula is C7H6MnO2. The van der Waals surface area contributed by atoms with Crippen LogP contribution in [0.15, 0.2) is 24.3 Å². The van der Waals surface area contributed by atoms with Crippen LogP contribution in [0.5, 0.6) is 5.75 Å². The van der Waals surface area contributed by atoms with Crippen LogP contribution in [0.25, 0.3) is 0 Å². The van der Waals surface area contributed by atoms with Gasteiger partial charge in [0.25, 0.3) is 0 Å². The molecule has 10 heavy (non-hydrogen) atoms. The van der Waals surface area contributed by atoms with Crippen LogP contribution in [0.2, 0.25) is 0 Å². The quantitative estimate of drug-likeness (QED) is 0.517. The second-order valence-electron chi connectivity index (χ2n) is 1.71. The minimum atomic E-state index is 0. The first-order chi connectivity index (χ1) is 4.33. The van der Waals surface area contributed by atoms with Gasteiger partial charge in [-0.15, -0.1) is 0 Å². The first-order valence-corrected chi connectivity index (χ1v) is 2.57. The van der Waals surface area contributed by atoms with Crippen molar-refractivity contribution in [3.8, 4) is 5.75 Å². The maximum absolute atomic E-state index is 10.0. The number of carbonyl (C=O) groups excluding carboxylic acids is 1. The summed E-state index contributed by atoms with van der Waals surface area (Å²) in [6.45, 7) is 0. The van der Waals surface area contributed by atoms with Crippen molar-refractivity contribution in [1.29, 1.82) is 0 Å². The van der Waals surface area contributed by atoms with Crippen molar-refractivity contribution in [3.05, 3.63) is 29.8 Å². The van der Waals surface area contributed by atoms with Crippen LogP contribution in [0.3, 0.4) is 0 Å². The van der Waals surface area contributed by atoms with Crippen molar-refractivity contribution < 1.29 is 27.0 Å². The average molecular weight is 177 g/mol. The first kappa shape index (κ1) is 9.21. The fraction of sp³-hybridized carbons (Fsp3) is 0. The van der Waals surface area contributed by atoms with Crippen LogP contribution in [0.4, 0.5) is 0 Å². The molecule has 1 rings (SSSR count). The van der Waals surface area contributed by atoms with E-state index >= 15 is 0 Å². The van der Waals surface area contributed by atoms with Gasteiger partial charge in [0.1, 0.15) is 12.0 Å². The molecule has 2 nitrogen and oxygen atoms in total. The molecule has 0 aliphatic carbocycles. The van der Waals surface area contributed by atoms with Gasteiger partial charge in [-0.2, -0.15) is 0 Å². The Morgan fingerprint density at radius 1 is 1.20 bits per heavy atom. The van der Waals surface area contributed by atoms with Crippen LogP contribution in [0, 0.1) is 0 Å². The number of hydrogen-bond acceptors (Lipinski definition) is 2. The van der Waals surface area contributed by atoms with E-state index in [1.54, 1.807) is 12.1 Å². The van der Waals surface area contributed by atoms with E-state index in [-0.39, 0.29) is 22.8 Å². The van der Waals surface area contributed by atoms with E-state index in [2.05, 4.69) is 0 Å². The van der Waals surface area contributed by atoms with Crippen molar-refractivity contribution in [1.82, 2.24) is 0 Å². The van der Waals surface area contributed by atoms with Gasteiger partial charge in [-0.25, -0.2) is 0 Å². The Labute approximate surface area is 69.3 Å². The molecule has 0 bridgehead atoms. The third-order valence-corrected chi connectivity index (χ3v) is 1.03. The summed E-state index contributed by atoms with van der Waals surface area (Å²) in [7, 11) is 0. The number of aldehydes is 1. The Morgan fingerprint density at radius 2 is 1.70 bits per heavy atom. The molecule has 0 fully saturated rings. The van der Waals surface area contributed by atoms with Gasteiger partial charge in [0.05, 0.1) is 0 Å². The predicted octanol–water partition coefficient (Wildman–Crippen LogP) is 1.20. The van der Waals surface area contributed by atoms with E-state index < -0.39 is 0 Å². The summed E-state index contributed by atoms with van der Waals surface area (Å²) in [6, 6.07) is 6.07. The molecule has 0 aliphatic heterocycles. The van der Waals surface area contributed by atoms with Crippen molar-refractivity contribution >= 4 is 6.29 Å². The number of carbonyl (C=O) groups is 1. The monoisotopic (exact) mass is 177 g/mol. The topological polar surface area (TPSA) is 37.3 Å². The molecule has 0 heterocycles. The zero-order valence-corrected chi connectivity index (χ0v) is 6.30. The van der Waals surface area contributed by atoms with Gasteiger partial charge in [0, 0.05) is 22.6 Å². The van der Waals surface area contributed by atoms with Crippen LogP contribution in [0.1, 0.15) is 10.4 Å². The summed E-state index contributed by atoms with van der Waals surface area (Å²) in [6.07, 6.45) is 0.736. The van der Waals surface area contributed by atoms with Gasteiger partial charge >= 0.3 is 0 Å². The molecule has 1 aromatic rings. The second kappa shape index (κ2) is 4.09. The zero-order chi connectivity index (χ0) is 6.69. The Morgan fingerprint density at radius 3 is 2.10 bits per heavy atom. The van der Waals surface area contributed by atoms with Crippen molar-refractivity contribution in [3.63, 3.8) is 0 Å². The Bertz CT molecular complexity index is 205. The molecule has 0 aliphatic rings. The van der Waals surface area contributed by atoms with Crippen LogP contribution in [-0.2, 0) is 17.1 Å². The largest absolute Gasteiger partial charge is 0.508 e. The fourth-order valence-corrected chi connectivity index (χ4v) is 0.553. The maximum atomic E-state index is 10.0. The SMILES string of the molecule is O=Cc1ccc(O)cc1.[Mn]. The van der Waals surface area contributed by atoms with E-state index in [1.165, 1.54) is 12.1 Å². The van der Waals surface area contributed by atoms with Gasteiger partial charge < -0.3 is 5.11 Å². The van der Waals surface area contributed by atoms with Gasteiger partial charge in [-0.3, -0.25) is 4.79 Å². The summed E-state index contributed by atoms with van der Waals surface area (Å²) in [5, 5.41) is 8.74. The third kappa shape index (κ3) is 2.21. The number of phenols is 1. The predicted molar refractivity (Wildman–Crippen MR) is 33.5 cm³/mol. The molecular weight excluding hydrogens is 171 g/mol. The van der Waals surface area contributed by atoms with Crippen molar-refractivity contribution in [2.45, 2.75) is 0 Å². The third-order valence-electron chi connectivity index (χ3n) is 1.03. The van der Waals surface area contributed by atoms with Crippen molar-refractivity contribution in [2.24, 2.45) is 0 Å². The van der Waals surface area contributed by atoms with Gasteiger partial charge in [-0.1, -0.05) is 0 Å². The number of benzene rings is 1. The molecule has 0 aromatic heterocycles. The van der Waals surface area contributed by atoms with E-state index in [9.17, 15) is 4.79 Å². The molecule has 0 spiro atoms. The van der Waals surface area contributed by atoms with E-state index in [1.807, 2.05) is 0 Å². The fourth-order valence-electron chi connectivity index (χ4n) is 0.553. The number of hydrogen-bond donors (Lipinski definition) is 1. The molecule has 1 aromatic carbocycles.